The maximum Gasteiger partial charge on any atom is 0.128 e. The van der Waals surface area contributed by atoms with E-state index in [1.54, 1.807) is 0 Å². The van der Waals surface area contributed by atoms with Gasteiger partial charge >= 0.3 is 0 Å². The molecule has 1 aliphatic carbocycles. The van der Waals surface area contributed by atoms with E-state index in [9.17, 15) is 0 Å². The van der Waals surface area contributed by atoms with Crippen LogP contribution in [0.15, 0.2) is 12.3 Å². The molecule has 0 aromatic carbocycles. The summed E-state index contributed by atoms with van der Waals surface area (Å²) < 4.78 is 0. The molecule has 0 spiro atoms. The van der Waals surface area contributed by atoms with E-state index in [2.05, 4.69) is 18.0 Å². The van der Waals surface area contributed by atoms with Gasteiger partial charge in [0.25, 0.3) is 0 Å². The zero-order valence-corrected chi connectivity index (χ0v) is 9.04. The van der Waals surface area contributed by atoms with E-state index in [1.807, 2.05) is 25.2 Å². The lowest BCUT2D eigenvalue weighted by Gasteiger charge is -2.16. The molecule has 1 fully saturated rings. The number of aryl methyl sites for hydroxylation is 1. The average molecular weight is 191 g/mol. The first-order valence-corrected chi connectivity index (χ1v) is 4.96. The monoisotopic (exact) mass is 191 g/mol. The van der Waals surface area contributed by atoms with Gasteiger partial charge in [-0.1, -0.05) is 0 Å². The zero-order chi connectivity index (χ0) is 10.3. The first-order chi connectivity index (χ1) is 6.53. The Morgan fingerprint density at radius 3 is 2.50 bits per heavy atom. The number of pyridine rings is 1. The van der Waals surface area contributed by atoms with Crippen molar-refractivity contribution in [2.24, 2.45) is 5.73 Å². The minimum Gasteiger partial charge on any atom is -0.363 e. The molecule has 14 heavy (non-hydrogen) atoms. The molecular formula is C11H17N3. The van der Waals surface area contributed by atoms with Gasteiger partial charge in [0.1, 0.15) is 5.82 Å². The molecule has 2 rings (SSSR count). The Kier molecular flexibility index (Phi) is 2.00. The quantitative estimate of drug-likeness (QED) is 0.768. The minimum absolute atomic E-state index is 0.0675. The molecule has 1 heterocycles. The molecule has 0 radical (unpaired) electrons. The Morgan fingerprint density at radius 1 is 1.43 bits per heavy atom. The molecule has 0 saturated heterocycles. The fraction of sp³-hybridized carbons (Fsp3) is 0.545. The number of anilines is 1. The molecule has 2 N–H and O–H groups in total. The molecule has 1 saturated carbocycles. The maximum absolute atomic E-state index is 6.14. The van der Waals surface area contributed by atoms with E-state index in [-0.39, 0.29) is 5.54 Å². The Bertz CT molecular complexity index is 354. The van der Waals surface area contributed by atoms with E-state index in [1.165, 1.54) is 11.1 Å². The fourth-order valence-corrected chi connectivity index (χ4v) is 1.71. The van der Waals surface area contributed by atoms with Crippen molar-refractivity contribution in [2.75, 3.05) is 19.0 Å². The minimum atomic E-state index is -0.0675. The van der Waals surface area contributed by atoms with Crippen molar-refractivity contribution in [3.63, 3.8) is 0 Å². The van der Waals surface area contributed by atoms with Crippen molar-refractivity contribution < 1.29 is 0 Å². The lowest BCUT2D eigenvalue weighted by atomic mass is 10.0. The van der Waals surface area contributed by atoms with Crippen LogP contribution in [-0.2, 0) is 5.54 Å². The van der Waals surface area contributed by atoms with E-state index in [4.69, 9.17) is 5.73 Å². The van der Waals surface area contributed by atoms with E-state index in [0.717, 1.165) is 18.7 Å². The highest BCUT2D eigenvalue weighted by atomic mass is 15.1. The van der Waals surface area contributed by atoms with E-state index in [0.29, 0.717) is 0 Å². The number of hydrogen-bond donors (Lipinski definition) is 1. The van der Waals surface area contributed by atoms with Crippen LogP contribution in [0.5, 0.6) is 0 Å². The van der Waals surface area contributed by atoms with Crippen LogP contribution in [0.4, 0.5) is 5.82 Å². The van der Waals surface area contributed by atoms with E-state index < -0.39 is 0 Å². The van der Waals surface area contributed by atoms with Crippen LogP contribution in [0.1, 0.15) is 24.0 Å². The predicted molar refractivity (Wildman–Crippen MR) is 58.4 cm³/mol. The van der Waals surface area contributed by atoms with Crippen LogP contribution in [0.2, 0.25) is 0 Å². The van der Waals surface area contributed by atoms with Crippen molar-refractivity contribution in [1.82, 2.24) is 4.98 Å². The van der Waals surface area contributed by atoms with Crippen LogP contribution in [0.25, 0.3) is 0 Å². The number of nitrogens with zero attached hydrogens (tertiary/aromatic N) is 2. The van der Waals surface area contributed by atoms with Gasteiger partial charge < -0.3 is 10.6 Å². The lowest BCUT2D eigenvalue weighted by molar-refractivity contribution is 0.727. The molecule has 0 atom stereocenters. The third-order valence-corrected chi connectivity index (χ3v) is 2.88. The van der Waals surface area contributed by atoms with Gasteiger partial charge in [-0.2, -0.15) is 0 Å². The summed E-state index contributed by atoms with van der Waals surface area (Å²) in [7, 11) is 3.99. The first-order valence-electron chi connectivity index (χ1n) is 4.96. The Labute approximate surface area is 84.9 Å². The molecule has 3 heteroatoms. The highest BCUT2D eigenvalue weighted by Gasteiger charge is 2.41. The van der Waals surface area contributed by atoms with Crippen LogP contribution >= 0.6 is 0 Å². The molecule has 0 amide bonds. The largest absolute Gasteiger partial charge is 0.363 e. The molecule has 1 aromatic heterocycles. The van der Waals surface area contributed by atoms with Gasteiger partial charge in [-0.05, 0) is 37.0 Å². The Hall–Kier alpha value is -1.09. The third kappa shape index (κ3) is 1.48. The summed E-state index contributed by atoms with van der Waals surface area (Å²) in [6, 6.07) is 2.10. The molecule has 0 bridgehead atoms. The third-order valence-electron chi connectivity index (χ3n) is 2.88. The summed E-state index contributed by atoms with van der Waals surface area (Å²) >= 11 is 0. The van der Waals surface area contributed by atoms with Gasteiger partial charge in [0.2, 0.25) is 0 Å². The van der Waals surface area contributed by atoms with Crippen molar-refractivity contribution in [3.8, 4) is 0 Å². The van der Waals surface area contributed by atoms with Crippen LogP contribution in [0.3, 0.4) is 0 Å². The van der Waals surface area contributed by atoms with Gasteiger partial charge in [0.15, 0.2) is 0 Å². The summed E-state index contributed by atoms with van der Waals surface area (Å²) in [6.45, 7) is 2.11. The molecule has 76 valence electrons. The summed E-state index contributed by atoms with van der Waals surface area (Å²) in [4.78, 5) is 6.40. The second kappa shape index (κ2) is 2.95. The molecule has 3 nitrogen and oxygen atoms in total. The lowest BCUT2D eigenvalue weighted by Crippen LogP contribution is -2.21. The number of aromatic nitrogens is 1. The number of hydrogen-bond acceptors (Lipinski definition) is 3. The summed E-state index contributed by atoms with van der Waals surface area (Å²) in [5.41, 5.74) is 8.54. The Morgan fingerprint density at radius 2 is 2.07 bits per heavy atom. The van der Waals surface area contributed by atoms with Gasteiger partial charge in [-0.15, -0.1) is 0 Å². The van der Waals surface area contributed by atoms with Gasteiger partial charge in [0, 0.05) is 25.8 Å². The topological polar surface area (TPSA) is 42.2 Å². The second-order valence-corrected chi connectivity index (χ2v) is 4.41. The SMILES string of the molecule is Cc1cc(N(C)C)ncc1C1(N)CC1. The summed E-state index contributed by atoms with van der Waals surface area (Å²) in [5, 5.41) is 0. The molecule has 1 aromatic rings. The number of rotatable bonds is 2. The second-order valence-electron chi connectivity index (χ2n) is 4.41. The van der Waals surface area contributed by atoms with E-state index >= 15 is 0 Å². The number of nitrogens with two attached hydrogens (primary N) is 1. The standard InChI is InChI=1S/C11H17N3/c1-8-6-10(14(2)3)13-7-9(8)11(12)4-5-11/h6-7H,4-5,12H2,1-3H3. The predicted octanol–water partition coefficient (Wildman–Crippen LogP) is 1.40. The molecule has 0 unspecified atom stereocenters. The van der Waals surface area contributed by atoms with Crippen LogP contribution < -0.4 is 10.6 Å². The Balaban J connectivity index is 2.37. The first kappa shape index (κ1) is 9.46. The maximum atomic E-state index is 6.14. The normalized spacial score (nSPS) is 18.0. The summed E-state index contributed by atoms with van der Waals surface area (Å²) in [5.74, 6) is 0.996. The smallest absolute Gasteiger partial charge is 0.128 e. The van der Waals surface area contributed by atoms with Gasteiger partial charge in [-0.3, -0.25) is 0 Å². The summed E-state index contributed by atoms with van der Waals surface area (Å²) in [6.07, 6.45) is 4.12. The zero-order valence-electron chi connectivity index (χ0n) is 9.04. The van der Waals surface area contributed by atoms with Crippen molar-refractivity contribution in [1.29, 1.82) is 0 Å². The fourth-order valence-electron chi connectivity index (χ4n) is 1.71. The van der Waals surface area contributed by atoms with Crippen LogP contribution in [-0.4, -0.2) is 19.1 Å². The van der Waals surface area contributed by atoms with Gasteiger partial charge in [-0.25, -0.2) is 4.98 Å². The van der Waals surface area contributed by atoms with Crippen LogP contribution in [0, 0.1) is 6.92 Å². The van der Waals surface area contributed by atoms with Crippen molar-refractivity contribution >= 4 is 5.82 Å². The highest BCUT2D eigenvalue weighted by Crippen LogP contribution is 2.43. The average Bonchev–Trinajstić information content (AvgIpc) is 2.84. The molecular weight excluding hydrogens is 174 g/mol. The molecule has 1 aliphatic rings. The molecule has 0 aliphatic heterocycles. The highest BCUT2D eigenvalue weighted by molar-refractivity contribution is 5.45. The van der Waals surface area contributed by atoms with Gasteiger partial charge in [0.05, 0.1) is 0 Å². The van der Waals surface area contributed by atoms with Crippen molar-refractivity contribution in [3.05, 3.63) is 23.4 Å². The van der Waals surface area contributed by atoms with Crippen molar-refractivity contribution in [2.45, 2.75) is 25.3 Å².